The van der Waals surface area contributed by atoms with Crippen molar-refractivity contribution in [1.82, 2.24) is 15.2 Å². The Morgan fingerprint density at radius 2 is 2.21 bits per heavy atom. The van der Waals surface area contributed by atoms with Crippen molar-refractivity contribution in [2.45, 2.75) is 46.1 Å². The number of aromatic nitrogens is 1. The van der Waals surface area contributed by atoms with E-state index in [1.807, 2.05) is 6.92 Å². The van der Waals surface area contributed by atoms with E-state index in [4.69, 9.17) is 4.74 Å². The summed E-state index contributed by atoms with van der Waals surface area (Å²) in [6, 6.07) is 0. The van der Waals surface area contributed by atoms with E-state index in [1.54, 1.807) is 16.2 Å². The number of likely N-dealkylation sites (tertiary alicyclic amines) is 1. The van der Waals surface area contributed by atoms with Crippen LogP contribution in [0, 0.1) is 12.8 Å². The zero-order valence-corrected chi connectivity index (χ0v) is 15.7. The van der Waals surface area contributed by atoms with Gasteiger partial charge in [0.1, 0.15) is 6.61 Å². The number of methoxy groups -OCH3 is 1. The van der Waals surface area contributed by atoms with E-state index in [0.29, 0.717) is 25.6 Å². The molecule has 1 aromatic rings. The largest absolute Gasteiger partial charge is 0.375 e. The van der Waals surface area contributed by atoms with Crippen LogP contribution >= 0.6 is 11.3 Å². The predicted octanol–water partition coefficient (Wildman–Crippen LogP) is 2.08. The molecule has 0 aliphatic carbocycles. The summed E-state index contributed by atoms with van der Waals surface area (Å²) in [5.41, 5.74) is 0.990. The Morgan fingerprint density at radius 1 is 1.46 bits per heavy atom. The number of amides is 2. The molecule has 0 bridgehead atoms. The smallest absolute Gasteiger partial charge is 0.248 e. The molecule has 1 saturated heterocycles. The number of rotatable bonds is 6. The van der Waals surface area contributed by atoms with Crippen molar-refractivity contribution in [3.63, 3.8) is 0 Å². The predicted molar refractivity (Wildman–Crippen MR) is 94.0 cm³/mol. The molecule has 1 atom stereocenters. The molecule has 1 aromatic heterocycles. The van der Waals surface area contributed by atoms with Gasteiger partial charge in [-0.1, -0.05) is 13.8 Å². The lowest BCUT2D eigenvalue weighted by Crippen LogP contribution is -2.46. The summed E-state index contributed by atoms with van der Waals surface area (Å²) < 4.78 is 4.90. The number of nitrogens with zero attached hydrogens (tertiary/aromatic N) is 2. The van der Waals surface area contributed by atoms with Crippen LogP contribution < -0.4 is 5.32 Å². The van der Waals surface area contributed by atoms with Gasteiger partial charge in [0.05, 0.1) is 23.2 Å². The van der Waals surface area contributed by atoms with Crippen molar-refractivity contribution in [2.24, 2.45) is 5.92 Å². The molecule has 6 nitrogen and oxygen atoms in total. The molecule has 1 aliphatic rings. The SMILES string of the molecule is COCC(=O)N1CCCC(C(=O)NCc2sc(C(C)C)nc2C)C1. The average Bonchev–Trinajstić information content (AvgIpc) is 2.94. The minimum Gasteiger partial charge on any atom is -0.375 e. The summed E-state index contributed by atoms with van der Waals surface area (Å²) in [6.07, 6.45) is 1.67. The van der Waals surface area contributed by atoms with E-state index in [-0.39, 0.29) is 24.3 Å². The van der Waals surface area contributed by atoms with Crippen LogP contribution in [0.5, 0.6) is 0 Å². The molecule has 1 N–H and O–H groups in total. The third-order valence-corrected chi connectivity index (χ3v) is 5.70. The lowest BCUT2D eigenvalue weighted by molar-refractivity contribution is -0.139. The van der Waals surface area contributed by atoms with Crippen LogP contribution in [0.15, 0.2) is 0 Å². The maximum Gasteiger partial charge on any atom is 0.248 e. The van der Waals surface area contributed by atoms with Gasteiger partial charge in [-0.05, 0) is 19.8 Å². The van der Waals surface area contributed by atoms with Crippen molar-refractivity contribution in [3.05, 3.63) is 15.6 Å². The zero-order valence-electron chi connectivity index (χ0n) is 14.9. The second-order valence-corrected chi connectivity index (χ2v) is 7.66. The van der Waals surface area contributed by atoms with Gasteiger partial charge in [-0.2, -0.15) is 0 Å². The molecule has 2 rings (SSSR count). The second-order valence-electron chi connectivity index (χ2n) is 6.55. The normalized spacial score (nSPS) is 18.0. The summed E-state index contributed by atoms with van der Waals surface area (Å²) >= 11 is 1.66. The van der Waals surface area contributed by atoms with Crippen LogP contribution in [0.2, 0.25) is 0 Å². The summed E-state index contributed by atoms with van der Waals surface area (Å²) in [5, 5.41) is 4.12. The molecule has 7 heteroatoms. The fraction of sp³-hybridized carbons (Fsp3) is 0.706. The first kappa shape index (κ1) is 18.9. The van der Waals surface area contributed by atoms with Gasteiger partial charge >= 0.3 is 0 Å². The molecule has 0 aromatic carbocycles. The van der Waals surface area contributed by atoms with E-state index in [2.05, 4.69) is 24.1 Å². The Hall–Kier alpha value is -1.47. The molecular formula is C17H27N3O3S. The third kappa shape index (κ3) is 4.77. The third-order valence-electron chi connectivity index (χ3n) is 4.24. The highest BCUT2D eigenvalue weighted by Gasteiger charge is 2.28. The van der Waals surface area contributed by atoms with Gasteiger partial charge in [-0.3, -0.25) is 9.59 Å². The Balaban J connectivity index is 1.89. The first-order valence-corrected chi connectivity index (χ1v) is 9.24. The average molecular weight is 353 g/mol. The topological polar surface area (TPSA) is 71.5 Å². The highest BCUT2D eigenvalue weighted by atomic mass is 32.1. The Kier molecular flexibility index (Phi) is 6.74. The highest BCUT2D eigenvalue weighted by molar-refractivity contribution is 7.11. The minimum atomic E-state index is -0.141. The lowest BCUT2D eigenvalue weighted by Gasteiger charge is -2.31. The van der Waals surface area contributed by atoms with Gasteiger partial charge in [0.25, 0.3) is 0 Å². The number of hydrogen-bond donors (Lipinski definition) is 1. The van der Waals surface area contributed by atoms with E-state index in [9.17, 15) is 9.59 Å². The van der Waals surface area contributed by atoms with Crippen molar-refractivity contribution in [1.29, 1.82) is 0 Å². The first-order valence-electron chi connectivity index (χ1n) is 8.43. The Morgan fingerprint density at radius 3 is 2.83 bits per heavy atom. The van der Waals surface area contributed by atoms with Gasteiger partial charge in [0.2, 0.25) is 11.8 Å². The van der Waals surface area contributed by atoms with Crippen LogP contribution in [0.25, 0.3) is 0 Å². The van der Waals surface area contributed by atoms with E-state index in [0.717, 1.165) is 28.4 Å². The number of thiazole rings is 1. The van der Waals surface area contributed by atoms with Crippen molar-refractivity contribution in [3.8, 4) is 0 Å². The lowest BCUT2D eigenvalue weighted by atomic mass is 9.97. The fourth-order valence-corrected chi connectivity index (χ4v) is 3.81. The van der Waals surface area contributed by atoms with Crippen LogP contribution in [-0.2, 0) is 20.9 Å². The molecule has 0 spiro atoms. The van der Waals surface area contributed by atoms with Gasteiger partial charge < -0.3 is 15.0 Å². The zero-order chi connectivity index (χ0) is 17.7. The molecule has 2 heterocycles. The molecular weight excluding hydrogens is 326 g/mol. The quantitative estimate of drug-likeness (QED) is 0.850. The van der Waals surface area contributed by atoms with Crippen molar-refractivity contribution >= 4 is 23.2 Å². The maximum atomic E-state index is 12.5. The molecule has 0 radical (unpaired) electrons. The maximum absolute atomic E-state index is 12.5. The first-order chi connectivity index (χ1) is 11.4. The number of piperidine rings is 1. The van der Waals surface area contributed by atoms with Gasteiger partial charge in [0.15, 0.2) is 0 Å². The van der Waals surface area contributed by atoms with Crippen LogP contribution in [-0.4, -0.2) is 48.5 Å². The summed E-state index contributed by atoms with van der Waals surface area (Å²) in [5.74, 6) is 0.230. The number of aryl methyl sites for hydroxylation is 1. The Bertz CT molecular complexity index is 586. The monoisotopic (exact) mass is 353 g/mol. The number of hydrogen-bond acceptors (Lipinski definition) is 5. The van der Waals surface area contributed by atoms with Gasteiger partial charge in [-0.15, -0.1) is 11.3 Å². The highest BCUT2D eigenvalue weighted by Crippen LogP contribution is 2.24. The molecule has 24 heavy (non-hydrogen) atoms. The summed E-state index contributed by atoms with van der Waals surface area (Å²) in [6.45, 7) is 7.99. The number of carbonyl (C=O) groups excluding carboxylic acids is 2. The molecule has 1 fully saturated rings. The van der Waals surface area contributed by atoms with Gasteiger partial charge in [-0.25, -0.2) is 4.98 Å². The van der Waals surface area contributed by atoms with Crippen molar-refractivity contribution < 1.29 is 14.3 Å². The summed E-state index contributed by atoms with van der Waals surface area (Å²) in [7, 11) is 1.51. The number of ether oxygens (including phenoxy) is 1. The van der Waals surface area contributed by atoms with E-state index < -0.39 is 0 Å². The van der Waals surface area contributed by atoms with E-state index >= 15 is 0 Å². The van der Waals surface area contributed by atoms with Crippen LogP contribution in [0.1, 0.15) is 48.2 Å². The van der Waals surface area contributed by atoms with Crippen molar-refractivity contribution in [2.75, 3.05) is 26.8 Å². The molecule has 2 amide bonds. The van der Waals surface area contributed by atoms with Crippen LogP contribution in [0.3, 0.4) is 0 Å². The Labute approximate surface area is 147 Å². The number of nitrogens with one attached hydrogen (secondary N) is 1. The molecule has 1 aliphatic heterocycles. The summed E-state index contributed by atoms with van der Waals surface area (Å²) in [4.78, 5) is 31.8. The second kappa shape index (κ2) is 8.58. The minimum absolute atomic E-state index is 0.0174. The number of carbonyl (C=O) groups is 2. The van der Waals surface area contributed by atoms with Crippen LogP contribution in [0.4, 0.5) is 0 Å². The molecule has 0 saturated carbocycles. The van der Waals surface area contributed by atoms with E-state index in [1.165, 1.54) is 7.11 Å². The molecule has 1 unspecified atom stereocenters. The standard InChI is InChI=1S/C17H27N3O3S/c1-11(2)17-19-12(3)14(24-17)8-18-16(22)13-6-5-7-20(9-13)15(21)10-23-4/h11,13H,5-10H2,1-4H3,(H,18,22). The van der Waals surface area contributed by atoms with Gasteiger partial charge in [0, 0.05) is 31.0 Å². The fourth-order valence-electron chi connectivity index (χ4n) is 2.81. The molecule has 134 valence electrons.